The van der Waals surface area contributed by atoms with E-state index in [9.17, 15) is 4.79 Å². The Morgan fingerprint density at radius 3 is 2.72 bits per heavy atom. The van der Waals surface area contributed by atoms with E-state index in [-0.39, 0.29) is 6.42 Å². The van der Waals surface area contributed by atoms with Gasteiger partial charge in [0, 0.05) is 12.0 Å². The summed E-state index contributed by atoms with van der Waals surface area (Å²) in [5.41, 5.74) is 5.30. The molecule has 25 heavy (non-hydrogen) atoms. The van der Waals surface area contributed by atoms with Crippen LogP contribution >= 0.6 is 0 Å². The Hall–Kier alpha value is -3.01. The van der Waals surface area contributed by atoms with Crippen molar-refractivity contribution in [2.75, 3.05) is 0 Å². The van der Waals surface area contributed by atoms with E-state index >= 15 is 0 Å². The lowest BCUT2D eigenvalue weighted by molar-refractivity contribution is -0.136. The number of aryl methyl sites for hydroxylation is 2. The molecule has 3 aromatic rings. The maximum Gasteiger partial charge on any atom is 0.303 e. The van der Waals surface area contributed by atoms with E-state index in [0.717, 1.165) is 33.6 Å². The molecule has 0 atom stereocenters. The minimum absolute atomic E-state index is 0.141. The molecule has 4 nitrogen and oxygen atoms in total. The van der Waals surface area contributed by atoms with E-state index in [2.05, 4.69) is 6.07 Å². The lowest BCUT2D eigenvalue weighted by Crippen LogP contribution is -2.00. The number of carboxylic acid groups (broad SMARTS) is 1. The fourth-order valence-electron chi connectivity index (χ4n) is 2.72. The summed E-state index contributed by atoms with van der Waals surface area (Å²) >= 11 is 0. The van der Waals surface area contributed by atoms with E-state index in [1.54, 1.807) is 12.5 Å². The largest absolute Gasteiger partial charge is 0.489 e. The Labute approximate surface area is 146 Å². The summed E-state index contributed by atoms with van der Waals surface area (Å²) in [4.78, 5) is 10.7. The summed E-state index contributed by atoms with van der Waals surface area (Å²) in [7, 11) is 0. The quantitative estimate of drug-likeness (QED) is 0.670. The number of benzene rings is 2. The highest BCUT2D eigenvalue weighted by atomic mass is 16.5. The topological polar surface area (TPSA) is 59.7 Å². The van der Waals surface area contributed by atoms with Crippen molar-refractivity contribution in [1.29, 1.82) is 0 Å². The number of furan rings is 1. The third-order valence-corrected chi connectivity index (χ3v) is 4.11. The highest BCUT2D eigenvalue weighted by Crippen LogP contribution is 2.23. The van der Waals surface area contributed by atoms with Crippen molar-refractivity contribution in [2.45, 2.75) is 26.4 Å². The molecule has 0 amide bonds. The lowest BCUT2D eigenvalue weighted by atomic mass is 10.0. The molecule has 0 bridgehead atoms. The highest BCUT2D eigenvalue weighted by Gasteiger charge is 2.05. The zero-order valence-corrected chi connectivity index (χ0v) is 14.1. The van der Waals surface area contributed by atoms with Crippen LogP contribution in [0.25, 0.3) is 11.1 Å². The second-order valence-corrected chi connectivity index (χ2v) is 5.98. The van der Waals surface area contributed by atoms with Crippen LogP contribution in [0.1, 0.15) is 23.1 Å². The summed E-state index contributed by atoms with van der Waals surface area (Å²) < 4.78 is 11.0. The Bertz CT molecular complexity index is 850. The van der Waals surface area contributed by atoms with Gasteiger partial charge in [-0.15, -0.1) is 0 Å². The number of aliphatic carboxylic acids is 1. The van der Waals surface area contributed by atoms with E-state index in [1.165, 1.54) is 0 Å². The molecule has 4 heteroatoms. The first-order valence-corrected chi connectivity index (χ1v) is 8.17. The molecule has 1 heterocycles. The second-order valence-electron chi connectivity index (χ2n) is 5.98. The van der Waals surface area contributed by atoms with Gasteiger partial charge in [0.2, 0.25) is 0 Å². The first-order valence-electron chi connectivity index (χ1n) is 8.17. The predicted molar refractivity (Wildman–Crippen MR) is 95.6 cm³/mol. The summed E-state index contributed by atoms with van der Waals surface area (Å²) in [6.45, 7) is 2.45. The molecular formula is C21H20O4. The van der Waals surface area contributed by atoms with Crippen LogP contribution in [0.3, 0.4) is 0 Å². The van der Waals surface area contributed by atoms with Gasteiger partial charge in [-0.25, -0.2) is 0 Å². The van der Waals surface area contributed by atoms with Gasteiger partial charge in [0.15, 0.2) is 0 Å². The van der Waals surface area contributed by atoms with E-state index in [0.29, 0.717) is 13.0 Å². The molecule has 128 valence electrons. The molecular weight excluding hydrogens is 316 g/mol. The number of hydrogen-bond donors (Lipinski definition) is 1. The Kier molecular flexibility index (Phi) is 5.19. The molecule has 0 aliphatic heterocycles. The molecule has 0 saturated carbocycles. The van der Waals surface area contributed by atoms with Gasteiger partial charge in [0.25, 0.3) is 0 Å². The molecule has 0 aliphatic rings. The average Bonchev–Trinajstić information content (AvgIpc) is 3.14. The second kappa shape index (κ2) is 7.71. The van der Waals surface area contributed by atoms with Gasteiger partial charge in [-0.2, -0.15) is 0 Å². The van der Waals surface area contributed by atoms with Crippen molar-refractivity contribution in [2.24, 2.45) is 0 Å². The smallest absolute Gasteiger partial charge is 0.303 e. The average molecular weight is 336 g/mol. The number of hydrogen-bond acceptors (Lipinski definition) is 3. The fraction of sp³-hybridized carbons (Fsp3) is 0.190. The van der Waals surface area contributed by atoms with Crippen molar-refractivity contribution in [3.8, 4) is 16.9 Å². The summed E-state index contributed by atoms with van der Waals surface area (Å²) in [5, 5.41) is 8.79. The van der Waals surface area contributed by atoms with Crippen LogP contribution in [0.4, 0.5) is 0 Å². The van der Waals surface area contributed by atoms with E-state index < -0.39 is 5.97 Å². The summed E-state index contributed by atoms with van der Waals surface area (Å²) in [6, 6.07) is 15.9. The minimum atomic E-state index is -0.780. The minimum Gasteiger partial charge on any atom is -0.489 e. The number of carbonyl (C=O) groups is 1. The van der Waals surface area contributed by atoms with Gasteiger partial charge in [0.05, 0.1) is 12.5 Å². The third-order valence-electron chi connectivity index (χ3n) is 4.11. The van der Waals surface area contributed by atoms with Crippen molar-refractivity contribution < 1.29 is 19.1 Å². The van der Waals surface area contributed by atoms with E-state index in [4.69, 9.17) is 14.3 Å². The maximum atomic E-state index is 10.7. The van der Waals surface area contributed by atoms with Crippen LogP contribution in [0.15, 0.2) is 65.5 Å². The molecule has 1 aromatic heterocycles. The Morgan fingerprint density at radius 2 is 2.00 bits per heavy atom. The monoisotopic (exact) mass is 336 g/mol. The van der Waals surface area contributed by atoms with Crippen LogP contribution in [0, 0.1) is 6.92 Å². The Balaban J connectivity index is 1.65. The first kappa shape index (κ1) is 16.8. The molecule has 1 N–H and O–H groups in total. The number of rotatable bonds is 7. The van der Waals surface area contributed by atoms with Crippen LogP contribution in [0.2, 0.25) is 0 Å². The van der Waals surface area contributed by atoms with E-state index in [1.807, 2.05) is 49.4 Å². The Morgan fingerprint density at radius 1 is 1.12 bits per heavy atom. The molecule has 0 aliphatic carbocycles. The molecule has 3 rings (SSSR count). The molecule has 0 fully saturated rings. The van der Waals surface area contributed by atoms with Crippen molar-refractivity contribution in [1.82, 2.24) is 0 Å². The van der Waals surface area contributed by atoms with Crippen molar-refractivity contribution >= 4 is 5.97 Å². The lowest BCUT2D eigenvalue weighted by Gasteiger charge is -2.10. The van der Waals surface area contributed by atoms with Gasteiger partial charge < -0.3 is 14.3 Å². The van der Waals surface area contributed by atoms with Gasteiger partial charge in [-0.3, -0.25) is 4.79 Å². The maximum absolute atomic E-state index is 10.7. The zero-order valence-electron chi connectivity index (χ0n) is 14.1. The van der Waals surface area contributed by atoms with Gasteiger partial charge in [-0.05, 0) is 59.9 Å². The SMILES string of the molecule is Cc1cc(OCc2cccc(-c3ccoc3)c2)ccc1CCC(=O)O. The molecule has 2 aromatic carbocycles. The van der Waals surface area contributed by atoms with Gasteiger partial charge in [-0.1, -0.05) is 24.3 Å². The first-order chi connectivity index (χ1) is 12.1. The normalized spacial score (nSPS) is 10.6. The van der Waals surface area contributed by atoms with Crippen LogP contribution in [-0.2, 0) is 17.8 Å². The standard InChI is InChI=1S/C21H20O4/c1-15-11-20(7-5-17(15)6-8-21(22)23)25-13-16-3-2-4-18(12-16)19-9-10-24-14-19/h2-5,7,9-12,14H,6,8,13H2,1H3,(H,22,23). The zero-order chi connectivity index (χ0) is 17.6. The van der Waals surface area contributed by atoms with Gasteiger partial charge >= 0.3 is 5.97 Å². The van der Waals surface area contributed by atoms with Crippen molar-refractivity contribution in [3.63, 3.8) is 0 Å². The van der Waals surface area contributed by atoms with Crippen LogP contribution in [-0.4, -0.2) is 11.1 Å². The van der Waals surface area contributed by atoms with Gasteiger partial charge in [0.1, 0.15) is 12.4 Å². The molecule has 0 radical (unpaired) electrons. The summed E-state index contributed by atoms with van der Waals surface area (Å²) in [6.07, 6.45) is 4.06. The molecule has 0 unspecified atom stereocenters. The number of carboxylic acids is 1. The fourth-order valence-corrected chi connectivity index (χ4v) is 2.72. The van der Waals surface area contributed by atoms with Crippen LogP contribution < -0.4 is 4.74 Å². The number of ether oxygens (including phenoxy) is 1. The van der Waals surface area contributed by atoms with Crippen LogP contribution in [0.5, 0.6) is 5.75 Å². The molecule has 0 saturated heterocycles. The highest BCUT2D eigenvalue weighted by molar-refractivity contribution is 5.67. The molecule has 0 spiro atoms. The van der Waals surface area contributed by atoms with Crippen molar-refractivity contribution in [3.05, 3.63) is 77.7 Å². The third kappa shape index (κ3) is 4.51. The predicted octanol–water partition coefficient (Wildman–Crippen LogP) is 4.85. The summed E-state index contributed by atoms with van der Waals surface area (Å²) in [5.74, 6) is 0.00233.